The number of aromatic nitrogens is 1. The van der Waals surface area contributed by atoms with Crippen LogP contribution >= 0.6 is 0 Å². The zero-order chi connectivity index (χ0) is 20.8. The van der Waals surface area contributed by atoms with E-state index in [1.165, 1.54) is 0 Å². The van der Waals surface area contributed by atoms with Crippen molar-refractivity contribution in [3.63, 3.8) is 0 Å². The number of amides is 3. The zero-order valence-corrected chi connectivity index (χ0v) is 16.2. The Bertz CT molecular complexity index is 888. The summed E-state index contributed by atoms with van der Waals surface area (Å²) in [5.41, 5.74) is 6.01. The summed E-state index contributed by atoms with van der Waals surface area (Å²) in [4.78, 5) is 39.9. The van der Waals surface area contributed by atoms with Gasteiger partial charge in [-0.3, -0.25) is 24.2 Å². The van der Waals surface area contributed by atoms with E-state index in [9.17, 15) is 14.4 Å². The number of nitrogens with two attached hydrogens (primary N) is 1. The predicted octanol–water partition coefficient (Wildman–Crippen LogP) is 0.277. The molecule has 3 rings (SSSR count). The van der Waals surface area contributed by atoms with E-state index < -0.39 is 5.91 Å². The molecule has 0 radical (unpaired) electrons. The molecule has 1 aliphatic heterocycles. The van der Waals surface area contributed by atoms with E-state index in [0.29, 0.717) is 43.4 Å². The van der Waals surface area contributed by atoms with E-state index in [4.69, 9.17) is 10.3 Å². The molecule has 1 aliphatic rings. The zero-order valence-electron chi connectivity index (χ0n) is 16.2. The van der Waals surface area contributed by atoms with Gasteiger partial charge in [0.05, 0.1) is 24.3 Å². The monoisotopic (exact) mass is 400 g/mol. The molecule has 1 saturated heterocycles. The SMILES string of the molecule is Cc1cc(NC(=O)CN2CCN(CC(=O)Nc3ccccc3C(N)=O)CC2)no1. The molecule has 0 bridgehead atoms. The summed E-state index contributed by atoms with van der Waals surface area (Å²) in [6.07, 6.45) is 0. The van der Waals surface area contributed by atoms with Crippen LogP contribution in [0.15, 0.2) is 34.9 Å². The second-order valence-electron chi connectivity index (χ2n) is 6.88. The summed E-state index contributed by atoms with van der Waals surface area (Å²) in [6.45, 7) is 4.84. The number of para-hydroxylation sites is 1. The second-order valence-corrected chi connectivity index (χ2v) is 6.88. The van der Waals surface area contributed by atoms with Crippen molar-refractivity contribution in [3.8, 4) is 0 Å². The number of benzene rings is 1. The number of hydrogen-bond acceptors (Lipinski definition) is 7. The summed E-state index contributed by atoms with van der Waals surface area (Å²) in [5, 5.41) is 9.17. The predicted molar refractivity (Wildman–Crippen MR) is 106 cm³/mol. The van der Waals surface area contributed by atoms with Crippen molar-refractivity contribution in [2.75, 3.05) is 49.9 Å². The van der Waals surface area contributed by atoms with Gasteiger partial charge >= 0.3 is 0 Å². The molecule has 29 heavy (non-hydrogen) atoms. The van der Waals surface area contributed by atoms with Gasteiger partial charge in [-0.25, -0.2) is 0 Å². The molecular weight excluding hydrogens is 376 g/mol. The van der Waals surface area contributed by atoms with Crippen molar-refractivity contribution in [2.45, 2.75) is 6.92 Å². The summed E-state index contributed by atoms with van der Waals surface area (Å²) in [7, 11) is 0. The van der Waals surface area contributed by atoms with E-state index >= 15 is 0 Å². The molecule has 0 aliphatic carbocycles. The number of hydrogen-bond donors (Lipinski definition) is 3. The number of rotatable bonds is 7. The molecule has 1 fully saturated rings. The minimum Gasteiger partial charge on any atom is -0.366 e. The van der Waals surface area contributed by atoms with Crippen LogP contribution in [0, 0.1) is 6.92 Å². The Morgan fingerprint density at radius 3 is 2.17 bits per heavy atom. The van der Waals surface area contributed by atoms with Crippen molar-refractivity contribution < 1.29 is 18.9 Å². The molecule has 10 heteroatoms. The van der Waals surface area contributed by atoms with Crippen LogP contribution in [-0.4, -0.2) is 71.9 Å². The first-order valence-corrected chi connectivity index (χ1v) is 9.27. The first kappa shape index (κ1) is 20.5. The lowest BCUT2D eigenvalue weighted by Gasteiger charge is -2.33. The highest BCUT2D eigenvalue weighted by atomic mass is 16.5. The Labute approximate surface area is 168 Å². The maximum absolute atomic E-state index is 12.3. The molecule has 0 spiro atoms. The van der Waals surface area contributed by atoms with Gasteiger partial charge in [0.25, 0.3) is 5.91 Å². The van der Waals surface area contributed by atoms with Gasteiger partial charge < -0.3 is 20.9 Å². The quantitative estimate of drug-likeness (QED) is 0.608. The average molecular weight is 400 g/mol. The van der Waals surface area contributed by atoms with Gasteiger partial charge in [-0.15, -0.1) is 0 Å². The molecule has 0 saturated carbocycles. The maximum Gasteiger partial charge on any atom is 0.250 e. The number of aryl methyl sites for hydroxylation is 1. The van der Waals surface area contributed by atoms with Crippen molar-refractivity contribution in [1.82, 2.24) is 15.0 Å². The third kappa shape index (κ3) is 5.87. The van der Waals surface area contributed by atoms with Gasteiger partial charge in [0, 0.05) is 32.2 Å². The van der Waals surface area contributed by atoms with Gasteiger partial charge in [-0.1, -0.05) is 17.3 Å². The van der Waals surface area contributed by atoms with Crippen molar-refractivity contribution in [3.05, 3.63) is 41.7 Å². The molecule has 154 valence electrons. The number of piperazine rings is 1. The van der Waals surface area contributed by atoms with Crippen molar-refractivity contribution in [1.29, 1.82) is 0 Å². The first-order chi connectivity index (χ1) is 13.9. The van der Waals surface area contributed by atoms with E-state index in [1.807, 2.05) is 9.80 Å². The Hall–Kier alpha value is -3.24. The van der Waals surface area contributed by atoms with Crippen LogP contribution < -0.4 is 16.4 Å². The number of carbonyl (C=O) groups is 3. The molecule has 10 nitrogen and oxygen atoms in total. The molecule has 4 N–H and O–H groups in total. The topological polar surface area (TPSA) is 134 Å². The molecule has 3 amide bonds. The minimum atomic E-state index is -0.589. The van der Waals surface area contributed by atoms with Gasteiger partial charge in [0.15, 0.2) is 5.82 Å². The summed E-state index contributed by atoms with van der Waals surface area (Å²) in [5.74, 6) is 0.0668. The number of nitrogens with one attached hydrogen (secondary N) is 2. The van der Waals surface area contributed by atoms with E-state index in [2.05, 4.69) is 15.8 Å². The minimum absolute atomic E-state index is 0.160. The standard InChI is InChI=1S/C19H24N6O4/c1-13-10-16(23-29-13)22-18(27)12-25-8-6-24(7-9-25)11-17(26)21-15-5-3-2-4-14(15)19(20)28/h2-5,10H,6-9,11-12H2,1H3,(H2,20,28)(H,21,26)(H,22,23,27). The summed E-state index contributed by atoms with van der Waals surface area (Å²) >= 11 is 0. The Morgan fingerprint density at radius 2 is 1.62 bits per heavy atom. The molecule has 0 unspecified atom stereocenters. The molecule has 1 aromatic heterocycles. The second kappa shape index (κ2) is 9.30. The van der Waals surface area contributed by atoms with Crippen LogP contribution in [0.5, 0.6) is 0 Å². The molecule has 2 heterocycles. The molecular formula is C19H24N6O4. The van der Waals surface area contributed by atoms with E-state index in [-0.39, 0.29) is 30.5 Å². The molecule has 1 aromatic carbocycles. The first-order valence-electron chi connectivity index (χ1n) is 9.27. The Kier molecular flexibility index (Phi) is 6.57. The fourth-order valence-corrected chi connectivity index (χ4v) is 3.12. The largest absolute Gasteiger partial charge is 0.366 e. The summed E-state index contributed by atoms with van der Waals surface area (Å²) in [6, 6.07) is 8.29. The fraction of sp³-hybridized carbons (Fsp3) is 0.368. The lowest BCUT2D eigenvalue weighted by Crippen LogP contribution is -2.50. The van der Waals surface area contributed by atoms with E-state index in [1.54, 1.807) is 37.3 Å². The van der Waals surface area contributed by atoms with Crippen molar-refractivity contribution >= 4 is 29.2 Å². The van der Waals surface area contributed by atoms with Crippen LogP contribution in [0.2, 0.25) is 0 Å². The van der Waals surface area contributed by atoms with Gasteiger partial charge in [0.1, 0.15) is 5.76 Å². The van der Waals surface area contributed by atoms with Crippen LogP contribution in [0.4, 0.5) is 11.5 Å². The van der Waals surface area contributed by atoms with Gasteiger partial charge in [-0.05, 0) is 19.1 Å². The summed E-state index contributed by atoms with van der Waals surface area (Å²) < 4.78 is 4.92. The molecule has 0 atom stereocenters. The third-order valence-electron chi connectivity index (χ3n) is 4.56. The lowest BCUT2D eigenvalue weighted by atomic mass is 10.1. The van der Waals surface area contributed by atoms with Gasteiger partial charge in [-0.2, -0.15) is 0 Å². The molecule has 2 aromatic rings. The fourth-order valence-electron chi connectivity index (χ4n) is 3.12. The van der Waals surface area contributed by atoms with Crippen LogP contribution in [0.25, 0.3) is 0 Å². The Balaban J connectivity index is 1.42. The Morgan fingerprint density at radius 1 is 1.03 bits per heavy atom. The highest BCUT2D eigenvalue weighted by Gasteiger charge is 2.21. The van der Waals surface area contributed by atoms with Gasteiger partial charge in [0.2, 0.25) is 11.8 Å². The van der Waals surface area contributed by atoms with Crippen LogP contribution in [0.3, 0.4) is 0 Å². The number of carbonyl (C=O) groups excluding carboxylic acids is 3. The maximum atomic E-state index is 12.3. The van der Waals surface area contributed by atoms with E-state index in [0.717, 1.165) is 0 Å². The smallest absolute Gasteiger partial charge is 0.250 e. The lowest BCUT2D eigenvalue weighted by molar-refractivity contribution is -0.120. The van der Waals surface area contributed by atoms with Crippen molar-refractivity contribution in [2.24, 2.45) is 5.73 Å². The highest BCUT2D eigenvalue weighted by molar-refractivity contribution is 6.03. The third-order valence-corrected chi connectivity index (χ3v) is 4.56. The number of primary amides is 1. The normalized spacial score (nSPS) is 15.1. The van der Waals surface area contributed by atoms with Crippen LogP contribution in [-0.2, 0) is 9.59 Å². The average Bonchev–Trinajstić information content (AvgIpc) is 3.08. The number of anilines is 2. The van der Waals surface area contributed by atoms with Crippen LogP contribution in [0.1, 0.15) is 16.1 Å². The number of nitrogens with zero attached hydrogens (tertiary/aromatic N) is 3. The highest BCUT2D eigenvalue weighted by Crippen LogP contribution is 2.14.